The highest BCUT2D eigenvalue weighted by Crippen LogP contribution is 2.11. The van der Waals surface area contributed by atoms with Crippen LogP contribution in [0.25, 0.3) is 0 Å². The van der Waals surface area contributed by atoms with Crippen molar-refractivity contribution < 1.29 is 18.3 Å². The summed E-state index contributed by atoms with van der Waals surface area (Å²) < 4.78 is 26.9. The fraction of sp³-hybridized carbons (Fsp3) is 0.462. The first-order valence-electron chi connectivity index (χ1n) is 6.35. The second kappa shape index (κ2) is 7.37. The second-order valence-electron chi connectivity index (χ2n) is 4.48. The minimum absolute atomic E-state index is 0.188. The predicted molar refractivity (Wildman–Crippen MR) is 76.3 cm³/mol. The van der Waals surface area contributed by atoms with Crippen molar-refractivity contribution in [1.29, 1.82) is 0 Å². The Bertz CT molecular complexity index is 531. The molecule has 0 aromatic heterocycles. The zero-order valence-electron chi connectivity index (χ0n) is 11.7. The van der Waals surface area contributed by atoms with E-state index in [1.54, 1.807) is 0 Å². The first kappa shape index (κ1) is 16.6. The lowest BCUT2D eigenvalue weighted by atomic mass is 10.2. The van der Waals surface area contributed by atoms with Crippen LogP contribution in [0.15, 0.2) is 30.3 Å². The summed E-state index contributed by atoms with van der Waals surface area (Å²) in [5, 5.41) is 8.82. The molecule has 0 spiro atoms. The summed E-state index contributed by atoms with van der Waals surface area (Å²) in [5.41, 5.74) is 0.852. The summed E-state index contributed by atoms with van der Waals surface area (Å²) in [6.07, 6.45) is 0.561. The summed E-state index contributed by atoms with van der Waals surface area (Å²) in [5.74, 6) is -1.16. The molecule has 1 rings (SSSR count). The van der Waals surface area contributed by atoms with Crippen LogP contribution in [-0.2, 0) is 21.5 Å². The van der Waals surface area contributed by atoms with E-state index in [1.165, 1.54) is 11.4 Å². The molecule has 1 aromatic carbocycles. The molecular formula is C13H20N2O4S. The van der Waals surface area contributed by atoms with Crippen molar-refractivity contribution in [2.75, 3.05) is 20.1 Å². The van der Waals surface area contributed by atoms with Crippen LogP contribution in [0, 0.1) is 0 Å². The smallest absolute Gasteiger partial charge is 0.318 e. The minimum Gasteiger partial charge on any atom is -0.480 e. The van der Waals surface area contributed by atoms with E-state index in [0.29, 0.717) is 6.42 Å². The standard InChI is InChI=1S/C13H20N2O4S/c1-3-9-15(11-13(16)17)20(18,19)14(2)10-12-7-5-4-6-8-12/h4-8H,3,9-11H2,1-2H3,(H,16,17). The first-order chi connectivity index (χ1) is 9.37. The van der Waals surface area contributed by atoms with Crippen LogP contribution < -0.4 is 0 Å². The molecule has 0 aliphatic heterocycles. The molecule has 0 fully saturated rings. The third kappa shape index (κ3) is 4.59. The molecule has 0 radical (unpaired) electrons. The summed E-state index contributed by atoms with van der Waals surface area (Å²) >= 11 is 0. The molecule has 0 saturated heterocycles. The lowest BCUT2D eigenvalue weighted by molar-refractivity contribution is -0.137. The van der Waals surface area contributed by atoms with Gasteiger partial charge in [0.1, 0.15) is 6.54 Å². The van der Waals surface area contributed by atoms with Crippen molar-refractivity contribution in [2.24, 2.45) is 0 Å². The summed E-state index contributed by atoms with van der Waals surface area (Å²) in [6, 6.07) is 9.17. The Morgan fingerprint density at radius 2 is 1.85 bits per heavy atom. The van der Waals surface area contributed by atoms with E-state index in [-0.39, 0.29) is 13.1 Å². The highest BCUT2D eigenvalue weighted by molar-refractivity contribution is 7.86. The van der Waals surface area contributed by atoms with E-state index >= 15 is 0 Å². The number of hydrogen-bond acceptors (Lipinski definition) is 3. The number of carboxylic acid groups (broad SMARTS) is 1. The quantitative estimate of drug-likeness (QED) is 0.781. The molecule has 0 aliphatic rings. The molecule has 7 heteroatoms. The third-order valence-electron chi connectivity index (χ3n) is 2.75. The van der Waals surface area contributed by atoms with Gasteiger partial charge in [-0.15, -0.1) is 0 Å². The van der Waals surface area contributed by atoms with Crippen LogP contribution in [-0.4, -0.2) is 48.2 Å². The Labute approximate surface area is 119 Å². The average Bonchev–Trinajstić information content (AvgIpc) is 2.38. The third-order valence-corrected chi connectivity index (χ3v) is 4.63. The van der Waals surface area contributed by atoms with Gasteiger partial charge < -0.3 is 5.11 Å². The van der Waals surface area contributed by atoms with E-state index in [1.807, 2.05) is 37.3 Å². The largest absolute Gasteiger partial charge is 0.480 e. The molecule has 20 heavy (non-hydrogen) atoms. The van der Waals surface area contributed by atoms with E-state index in [2.05, 4.69) is 0 Å². The Morgan fingerprint density at radius 1 is 1.25 bits per heavy atom. The van der Waals surface area contributed by atoms with E-state index in [0.717, 1.165) is 9.87 Å². The summed E-state index contributed by atoms with van der Waals surface area (Å²) in [7, 11) is -2.32. The highest BCUT2D eigenvalue weighted by Gasteiger charge is 2.28. The molecule has 0 saturated carbocycles. The van der Waals surface area contributed by atoms with Crippen molar-refractivity contribution in [2.45, 2.75) is 19.9 Å². The van der Waals surface area contributed by atoms with Crippen LogP contribution in [0.2, 0.25) is 0 Å². The van der Waals surface area contributed by atoms with Gasteiger partial charge in [-0.25, -0.2) is 0 Å². The predicted octanol–water partition coefficient (Wildman–Crippen LogP) is 1.16. The Kier molecular flexibility index (Phi) is 6.12. The number of nitrogens with zero attached hydrogens (tertiary/aromatic N) is 2. The Morgan fingerprint density at radius 3 is 2.35 bits per heavy atom. The Balaban J connectivity index is 2.86. The molecule has 0 unspecified atom stereocenters. The number of carbonyl (C=O) groups is 1. The first-order valence-corrected chi connectivity index (χ1v) is 7.74. The molecule has 0 bridgehead atoms. The number of rotatable bonds is 8. The lowest BCUT2D eigenvalue weighted by Crippen LogP contribution is -2.44. The second-order valence-corrected chi connectivity index (χ2v) is 6.51. The molecular weight excluding hydrogens is 280 g/mol. The van der Waals surface area contributed by atoms with E-state index in [4.69, 9.17) is 5.11 Å². The zero-order chi connectivity index (χ0) is 15.2. The summed E-state index contributed by atoms with van der Waals surface area (Å²) in [4.78, 5) is 10.8. The molecule has 6 nitrogen and oxygen atoms in total. The van der Waals surface area contributed by atoms with Crippen LogP contribution in [0.3, 0.4) is 0 Å². The van der Waals surface area contributed by atoms with Gasteiger partial charge >= 0.3 is 5.97 Å². The molecule has 0 atom stereocenters. The fourth-order valence-electron chi connectivity index (χ4n) is 1.80. The molecule has 0 amide bonds. The molecule has 0 aliphatic carbocycles. The highest BCUT2D eigenvalue weighted by atomic mass is 32.2. The zero-order valence-corrected chi connectivity index (χ0v) is 12.5. The molecule has 1 aromatic rings. The monoisotopic (exact) mass is 300 g/mol. The summed E-state index contributed by atoms with van der Waals surface area (Å²) in [6.45, 7) is 1.69. The number of carboxylic acids is 1. The van der Waals surface area contributed by atoms with Crippen molar-refractivity contribution >= 4 is 16.2 Å². The topological polar surface area (TPSA) is 77.9 Å². The van der Waals surface area contributed by atoms with Crippen molar-refractivity contribution in [3.8, 4) is 0 Å². The maximum atomic E-state index is 12.3. The van der Waals surface area contributed by atoms with E-state index < -0.39 is 22.7 Å². The van der Waals surface area contributed by atoms with Gasteiger partial charge in [-0.3, -0.25) is 4.79 Å². The Hall–Kier alpha value is -1.44. The normalized spacial score (nSPS) is 12.0. The fourth-order valence-corrected chi connectivity index (χ4v) is 3.19. The van der Waals surface area contributed by atoms with Gasteiger partial charge in [-0.2, -0.15) is 17.0 Å². The van der Waals surface area contributed by atoms with Crippen molar-refractivity contribution in [1.82, 2.24) is 8.61 Å². The SMILES string of the molecule is CCCN(CC(=O)O)S(=O)(=O)N(C)Cc1ccccc1. The number of hydrogen-bond donors (Lipinski definition) is 1. The van der Waals surface area contributed by atoms with Gasteiger partial charge in [0.05, 0.1) is 0 Å². The van der Waals surface area contributed by atoms with Gasteiger partial charge in [-0.05, 0) is 12.0 Å². The van der Waals surface area contributed by atoms with Gasteiger partial charge in [0.2, 0.25) is 0 Å². The van der Waals surface area contributed by atoms with Crippen molar-refractivity contribution in [3.63, 3.8) is 0 Å². The molecule has 112 valence electrons. The molecule has 0 heterocycles. The maximum Gasteiger partial charge on any atom is 0.318 e. The van der Waals surface area contributed by atoms with Gasteiger partial charge in [0.15, 0.2) is 0 Å². The van der Waals surface area contributed by atoms with Gasteiger partial charge in [-0.1, -0.05) is 37.3 Å². The van der Waals surface area contributed by atoms with E-state index in [9.17, 15) is 13.2 Å². The lowest BCUT2D eigenvalue weighted by Gasteiger charge is -2.26. The number of aliphatic carboxylic acids is 1. The van der Waals surface area contributed by atoms with Crippen LogP contribution in [0.4, 0.5) is 0 Å². The minimum atomic E-state index is -3.77. The van der Waals surface area contributed by atoms with Crippen LogP contribution in [0.1, 0.15) is 18.9 Å². The average molecular weight is 300 g/mol. The van der Waals surface area contributed by atoms with Gasteiger partial charge in [0.25, 0.3) is 10.2 Å². The molecule has 1 N–H and O–H groups in total. The van der Waals surface area contributed by atoms with Crippen LogP contribution in [0.5, 0.6) is 0 Å². The van der Waals surface area contributed by atoms with Crippen LogP contribution >= 0.6 is 0 Å². The maximum absolute atomic E-state index is 12.3. The van der Waals surface area contributed by atoms with Crippen molar-refractivity contribution in [3.05, 3.63) is 35.9 Å². The van der Waals surface area contributed by atoms with Gasteiger partial charge in [0, 0.05) is 20.1 Å². The number of benzene rings is 1.